The van der Waals surface area contributed by atoms with Crippen molar-refractivity contribution >= 4 is 11.6 Å². The first-order chi connectivity index (χ1) is 12.9. The Morgan fingerprint density at radius 2 is 1.78 bits per heavy atom. The average molecular weight is 383 g/mol. The highest BCUT2D eigenvalue weighted by Crippen LogP contribution is 2.32. The van der Waals surface area contributed by atoms with Gasteiger partial charge in [-0.15, -0.1) is 0 Å². The number of hydrogen-bond acceptors (Lipinski definition) is 3. The van der Waals surface area contributed by atoms with E-state index >= 15 is 0 Å². The Morgan fingerprint density at radius 1 is 1.04 bits per heavy atom. The molecule has 0 N–H and O–H groups in total. The number of carbonyl (C=O) groups excluding carboxylic acids is 1. The average Bonchev–Trinajstić information content (AvgIpc) is 2.65. The van der Waals surface area contributed by atoms with Gasteiger partial charge in [-0.1, -0.05) is 12.5 Å². The van der Waals surface area contributed by atoms with Gasteiger partial charge in [0.05, 0.1) is 5.56 Å². The number of anilines is 1. The van der Waals surface area contributed by atoms with Crippen molar-refractivity contribution in [2.75, 3.05) is 44.2 Å². The Balaban J connectivity index is 1.56. The summed E-state index contributed by atoms with van der Waals surface area (Å²) in [6, 6.07) is 4.80. The number of alkyl halides is 3. The van der Waals surface area contributed by atoms with Crippen molar-refractivity contribution in [1.82, 2.24) is 9.80 Å². The minimum Gasteiger partial charge on any atom is -0.358 e. The number of benzene rings is 1. The van der Waals surface area contributed by atoms with Crippen LogP contribution in [0.5, 0.6) is 0 Å². The number of hydrogen-bond donors (Lipinski definition) is 0. The largest absolute Gasteiger partial charge is 0.416 e. The number of nitrogens with zero attached hydrogens (tertiary/aromatic N) is 3. The monoisotopic (exact) mass is 383 g/mol. The van der Waals surface area contributed by atoms with Gasteiger partial charge in [0.2, 0.25) is 5.91 Å². The van der Waals surface area contributed by atoms with Crippen LogP contribution >= 0.6 is 0 Å². The minimum absolute atomic E-state index is 0.00249. The van der Waals surface area contributed by atoms with Gasteiger partial charge >= 0.3 is 6.18 Å². The maximum Gasteiger partial charge on any atom is 0.416 e. The molecule has 0 spiro atoms. The third-order valence-corrected chi connectivity index (χ3v) is 5.60. The van der Waals surface area contributed by atoms with Gasteiger partial charge in [0.15, 0.2) is 0 Å². The number of carbonyl (C=O) groups is 1. The second-order valence-electron chi connectivity index (χ2n) is 7.50. The molecule has 1 aromatic rings. The summed E-state index contributed by atoms with van der Waals surface area (Å²) in [6.07, 6.45) is 0.392. The molecule has 2 aliphatic rings. The molecule has 1 atom stereocenters. The first-order valence-electron chi connectivity index (χ1n) is 9.81. The molecule has 1 amide bonds. The normalized spacial score (nSPS) is 22.4. The molecule has 0 bridgehead atoms. The molecule has 0 aromatic heterocycles. The van der Waals surface area contributed by atoms with Crippen molar-refractivity contribution in [2.45, 2.75) is 44.8 Å². The van der Waals surface area contributed by atoms with E-state index in [1.54, 1.807) is 17.9 Å². The minimum atomic E-state index is -4.38. The van der Waals surface area contributed by atoms with Gasteiger partial charge < -0.3 is 14.7 Å². The summed E-state index contributed by atoms with van der Waals surface area (Å²) < 4.78 is 38.9. The lowest BCUT2D eigenvalue weighted by Gasteiger charge is -2.41. The third-order valence-electron chi connectivity index (χ3n) is 5.60. The molecular formula is C20H28F3N3O. The first kappa shape index (κ1) is 20.0. The number of rotatable bonds is 5. The van der Waals surface area contributed by atoms with E-state index < -0.39 is 17.8 Å². The van der Waals surface area contributed by atoms with Crippen molar-refractivity contribution < 1.29 is 18.0 Å². The van der Waals surface area contributed by atoms with Crippen LogP contribution in [0.4, 0.5) is 18.9 Å². The summed E-state index contributed by atoms with van der Waals surface area (Å²) in [6.45, 7) is 6.91. The molecule has 4 nitrogen and oxygen atoms in total. The van der Waals surface area contributed by atoms with E-state index in [0.717, 1.165) is 44.7 Å². The predicted octanol–water partition coefficient (Wildman–Crippen LogP) is 3.62. The quantitative estimate of drug-likeness (QED) is 0.777. The zero-order chi connectivity index (χ0) is 19.4. The van der Waals surface area contributed by atoms with Gasteiger partial charge in [-0.05, 0) is 64.0 Å². The van der Waals surface area contributed by atoms with Crippen molar-refractivity contribution in [3.63, 3.8) is 0 Å². The SMILES string of the molecule is CC1C(=O)N(CCCN2CCCCC2)CCN1c1cccc(C(F)(F)F)c1. The molecular weight excluding hydrogens is 355 g/mol. The van der Waals surface area contributed by atoms with Crippen LogP contribution in [0.15, 0.2) is 24.3 Å². The van der Waals surface area contributed by atoms with E-state index in [2.05, 4.69) is 4.90 Å². The van der Waals surface area contributed by atoms with Gasteiger partial charge in [0.25, 0.3) is 0 Å². The van der Waals surface area contributed by atoms with Gasteiger partial charge in [-0.2, -0.15) is 13.2 Å². The smallest absolute Gasteiger partial charge is 0.358 e. The molecule has 2 fully saturated rings. The van der Waals surface area contributed by atoms with E-state index in [4.69, 9.17) is 0 Å². The van der Waals surface area contributed by atoms with Crippen LogP contribution in [-0.2, 0) is 11.0 Å². The third kappa shape index (κ3) is 4.94. The highest BCUT2D eigenvalue weighted by molar-refractivity contribution is 5.86. The molecule has 150 valence electrons. The van der Waals surface area contributed by atoms with Crippen molar-refractivity contribution in [2.24, 2.45) is 0 Å². The molecule has 1 aromatic carbocycles. The lowest BCUT2D eigenvalue weighted by Crippen LogP contribution is -2.56. The standard InChI is InChI=1S/C20H28F3N3O/c1-16-19(27)25(12-6-11-24-9-3-2-4-10-24)13-14-26(16)18-8-5-7-17(15-18)20(21,22)23/h5,7-8,15-16H,2-4,6,9-14H2,1H3. The van der Waals surface area contributed by atoms with Crippen molar-refractivity contribution in [3.8, 4) is 0 Å². The topological polar surface area (TPSA) is 26.8 Å². The second-order valence-corrected chi connectivity index (χ2v) is 7.50. The van der Waals surface area contributed by atoms with Crippen LogP contribution in [0.1, 0.15) is 38.2 Å². The molecule has 2 heterocycles. The molecule has 3 rings (SSSR count). The summed E-state index contributed by atoms with van der Waals surface area (Å²) in [5, 5.41) is 0. The number of piperidine rings is 1. The lowest BCUT2D eigenvalue weighted by molar-refractivity contribution is -0.137. The van der Waals surface area contributed by atoms with Crippen molar-refractivity contribution in [3.05, 3.63) is 29.8 Å². The van der Waals surface area contributed by atoms with E-state index in [-0.39, 0.29) is 5.91 Å². The summed E-state index contributed by atoms with van der Waals surface area (Å²) in [7, 11) is 0. The summed E-state index contributed by atoms with van der Waals surface area (Å²) in [4.78, 5) is 18.8. The van der Waals surface area contributed by atoms with Crippen LogP contribution < -0.4 is 4.90 Å². The highest BCUT2D eigenvalue weighted by Gasteiger charge is 2.34. The number of halogens is 3. The van der Waals surface area contributed by atoms with Crippen LogP contribution in [-0.4, -0.2) is 61.0 Å². The molecule has 2 aliphatic heterocycles. The predicted molar refractivity (Wildman–Crippen MR) is 99.7 cm³/mol. The van der Waals surface area contributed by atoms with Crippen LogP contribution in [0, 0.1) is 0 Å². The van der Waals surface area contributed by atoms with Gasteiger partial charge in [-0.3, -0.25) is 4.79 Å². The van der Waals surface area contributed by atoms with Crippen LogP contribution in [0.3, 0.4) is 0 Å². The fraction of sp³-hybridized carbons (Fsp3) is 0.650. The fourth-order valence-corrected chi connectivity index (χ4v) is 4.03. The fourth-order valence-electron chi connectivity index (χ4n) is 4.03. The number of amides is 1. The summed E-state index contributed by atoms with van der Waals surface area (Å²) in [5.74, 6) is -0.00249. The molecule has 1 unspecified atom stereocenters. The van der Waals surface area contributed by atoms with Gasteiger partial charge in [-0.25, -0.2) is 0 Å². The molecule has 0 radical (unpaired) electrons. The lowest BCUT2D eigenvalue weighted by atomic mass is 10.1. The molecule has 0 aliphatic carbocycles. The van der Waals surface area contributed by atoms with Gasteiger partial charge in [0, 0.05) is 25.3 Å². The van der Waals surface area contributed by atoms with Gasteiger partial charge in [0.1, 0.15) is 6.04 Å². The Labute approximate surface area is 158 Å². The Morgan fingerprint density at radius 3 is 2.48 bits per heavy atom. The number of likely N-dealkylation sites (tertiary alicyclic amines) is 1. The Kier molecular flexibility index (Phi) is 6.29. The van der Waals surface area contributed by atoms with E-state index in [9.17, 15) is 18.0 Å². The molecule has 7 heteroatoms. The first-order valence-corrected chi connectivity index (χ1v) is 9.81. The Hall–Kier alpha value is -1.76. The maximum absolute atomic E-state index is 13.0. The Bertz CT molecular complexity index is 644. The zero-order valence-electron chi connectivity index (χ0n) is 15.8. The van der Waals surface area contributed by atoms with Crippen molar-refractivity contribution in [1.29, 1.82) is 0 Å². The number of piperazine rings is 1. The van der Waals surface area contributed by atoms with E-state index in [1.807, 2.05) is 4.90 Å². The van der Waals surface area contributed by atoms with Crippen LogP contribution in [0.25, 0.3) is 0 Å². The molecule has 2 saturated heterocycles. The van der Waals surface area contributed by atoms with E-state index in [0.29, 0.717) is 18.8 Å². The van der Waals surface area contributed by atoms with Crippen LogP contribution in [0.2, 0.25) is 0 Å². The van der Waals surface area contributed by atoms with E-state index in [1.165, 1.54) is 25.3 Å². The molecule has 0 saturated carbocycles. The maximum atomic E-state index is 13.0. The second kappa shape index (κ2) is 8.50. The summed E-state index contributed by atoms with van der Waals surface area (Å²) >= 11 is 0. The zero-order valence-corrected chi connectivity index (χ0v) is 15.8. The molecule has 27 heavy (non-hydrogen) atoms. The summed E-state index contributed by atoms with van der Waals surface area (Å²) in [5.41, 5.74) is -0.220. The highest BCUT2D eigenvalue weighted by atomic mass is 19.4.